The van der Waals surface area contributed by atoms with Crippen molar-refractivity contribution in [2.24, 2.45) is 0 Å². The monoisotopic (exact) mass is 324 g/mol. The Morgan fingerprint density at radius 2 is 1.92 bits per heavy atom. The number of nitro groups is 1. The van der Waals surface area contributed by atoms with Crippen LogP contribution in [0.1, 0.15) is 11.1 Å². The Labute approximate surface area is 138 Å². The van der Waals surface area contributed by atoms with Gasteiger partial charge in [-0.15, -0.1) is 0 Å². The predicted molar refractivity (Wildman–Crippen MR) is 91.4 cm³/mol. The van der Waals surface area contributed by atoms with Crippen LogP contribution in [0.4, 0.5) is 11.5 Å². The lowest BCUT2D eigenvalue weighted by Crippen LogP contribution is -2.26. The Hall–Kier alpha value is -3.22. The minimum absolute atomic E-state index is 0.0689. The van der Waals surface area contributed by atoms with E-state index in [1.54, 1.807) is 30.1 Å². The Bertz CT molecular complexity index is 981. The zero-order valence-corrected chi connectivity index (χ0v) is 13.3. The van der Waals surface area contributed by atoms with Gasteiger partial charge in [-0.05, 0) is 30.2 Å². The van der Waals surface area contributed by atoms with Crippen molar-refractivity contribution in [2.45, 2.75) is 13.5 Å². The number of aromatic nitrogens is 2. The van der Waals surface area contributed by atoms with Crippen LogP contribution in [0.2, 0.25) is 0 Å². The normalized spacial score (nSPS) is 10.8. The number of benzene rings is 1. The first kappa shape index (κ1) is 15.7. The molecule has 0 aliphatic heterocycles. The molecule has 0 unspecified atom stereocenters. The van der Waals surface area contributed by atoms with Gasteiger partial charge in [-0.2, -0.15) is 0 Å². The second-order valence-electron chi connectivity index (χ2n) is 5.56. The van der Waals surface area contributed by atoms with Crippen molar-refractivity contribution in [2.75, 3.05) is 11.9 Å². The molecule has 2 aromatic heterocycles. The van der Waals surface area contributed by atoms with Crippen LogP contribution in [-0.4, -0.2) is 21.4 Å². The first-order chi connectivity index (χ1) is 11.5. The van der Waals surface area contributed by atoms with E-state index in [1.165, 1.54) is 10.6 Å². The topological polar surface area (TPSA) is 80.8 Å². The molecule has 0 aliphatic rings. The highest BCUT2D eigenvalue weighted by atomic mass is 16.6. The molecule has 24 heavy (non-hydrogen) atoms. The van der Waals surface area contributed by atoms with Gasteiger partial charge < -0.3 is 4.90 Å². The summed E-state index contributed by atoms with van der Waals surface area (Å²) in [6.45, 7) is 2.39. The van der Waals surface area contributed by atoms with Gasteiger partial charge in [-0.1, -0.05) is 30.3 Å². The fourth-order valence-electron chi connectivity index (χ4n) is 2.61. The van der Waals surface area contributed by atoms with Crippen LogP contribution in [0.5, 0.6) is 0 Å². The standard InChI is InChI=1S/C17H16N4O3/c1-12-7-3-4-8-13(12)11-19(2)16-15(21(23)24)17(22)20-10-6-5-9-14(20)18-16/h3-10H,11H2,1-2H3. The zero-order valence-electron chi connectivity index (χ0n) is 13.3. The largest absolute Gasteiger partial charge is 0.376 e. The maximum absolute atomic E-state index is 12.5. The fourth-order valence-corrected chi connectivity index (χ4v) is 2.61. The second-order valence-corrected chi connectivity index (χ2v) is 5.56. The van der Waals surface area contributed by atoms with Crippen molar-refractivity contribution < 1.29 is 4.92 Å². The maximum Gasteiger partial charge on any atom is 0.376 e. The molecule has 2 heterocycles. The molecular formula is C17H16N4O3. The summed E-state index contributed by atoms with van der Waals surface area (Å²) in [5, 5.41) is 11.4. The van der Waals surface area contributed by atoms with Crippen LogP contribution in [0.3, 0.4) is 0 Å². The summed E-state index contributed by atoms with van der Waals surface area (Å²) in [7, 11) is 1.70. The van der Waals surface area contributed by atoms with Gasteiger partial charge in [0.1, 0.15) is 5.65 Å². The second kappa shape index (κ2) is 6.11. The molecule has 0 saturated heterocycles. The van der Waals surface area contributed by atoms with Gasteiger partial charge in [0.05, 0.1) is 4.92 Å². The summed E-state index contributed by atoms with van der Waals surface area (Å²) < 4.78 is 1.18. The number of rotatable bonds is 4. The van der Waals surface area contributed by atoms with E-state index in [2.05, 4.69) is 4.98 Å². The van der Waals surface area contributed by atoms with Crippen molar-refractivity contribution in [1.29, 1.82) is 0 Å². The van der Waals surface area contributed by atoms with Crippen molar-refractivity contribution in [3.05, 3.63) is 80.3 Å². The number of fused-ring (bicyclic) bond motifs is 1. The minimum atomic E-state index is -0.683. The molecule has 0 saturated carbocycles. The molecule has 1 aromatic carbocycles. The van der Waals surface area contributed by atoms with Crippen molar-refractivity contribution >= 4 is 17.2 Å². The van der Waals surface area contributed by atoms with Gasteiger partial charge in [0.2, 0.25) is 5.82 Å². The molecule has 3 aromatic rings. The Morgan fingerprint density at radius 3 is 2.62 bits per heavy atom. The highest BCUT2D eigenvalue weighted by molar-refractivity contribution is 5.61. The third-order valence-corrected chi connectivity index (χ3v) is 3.90. The van der Waals surface area contributed by atoms with Crippen LogP contribution in [0.15, 0.2) is 53.5 Å². The third-order valence-electron chi connectivity index (χ3n) is 3.90. The number of pyridine rings is 1. The molecule has 0 aliphatic carbocycles. The third kappa shape index (κ3) is 2.71. The molecule has 3 rings (SSSR count). The van der Waals surface area contributed by atoms with Crippen LogP contribution in [-0.2, 0) is 6.54 Å². The van der Waals surface area contributed by atoms with E-state index >= 15 is 0 Å². The molecule has 7 heteroatoms. The van der Waals surface area contributed by atoms with Crippen LogP contribution < -0.4 is 10.5 Å². The first-order valence-corrected chi connectivity index (χ1v) is 7.40. The predicted octanol–water partition coefficient (Wildman–Crippen LogP) is 2.55. The van der Waals surface area contributed by atoms with Crippen LogP contribution in [0.25, 0.3) is 5.65 Å². The van der Waals surface area contributed by atoms with Gasteiger partial charge in [0.15, 0.2) is 0 Å². The minimum Gasteiger partial charge on any atom is -0.349 e. The van der Waals surface area contributed by atoms with E-state index in [1.807, 2.05) is 31.2 Å². The average Bonchev–Trinajstić information content (AvgIpc) is 2.56. The highest BCUT2D eigenvalue weighted by Gasteiger charge is 2.26. The van der Waals surface area contributed by atoms with E-state index in [-0.39, 0.29) is 5.82 Å². The molecule has 0 bridgehead atoms. The van der Waals surface area contributed by atoms with Gasteiger partial charge >= 0.3 is 11.2 Å². The molecule has 122 valence electrons. The van der Waals surface area contributed by atoms with Gasteiger partial charge in [-0.3, -0.25) is 19.3 Å². The van der Waals surface area contributed by atoms with E-state index < -0.39 is 16.2 Å². The molecule has 7 nitrogen and oxygen atoms in total. The summed E-state index contributed by atoms with van der Waals surface area (Å²) in [4.78, 5) is 29.2. The van der Waals surface area contributed by atoms with Crippen molar-refractivity contribution in [3.63, 3.8) is 0 Å². The Kier molecular flexibility index (Phi) is 3.99. The lowest BCUT2D eigenvalue weighted by atomic mass is 10.1. The van der Waals surface area contributed by atoms with E-state index in [0.29, 0.717) is 12.2 Å². The van der Waals surface area contributed by atoms with E-state index in [9.17, 15) is 14.9 Å². The van der Waals surface area contributed by atoms with Crippen molar-refractivity contribution in [3.8, 4) is 0 Å². The van der Waals surface area contributed by atoms with Crippen LogP contribution >= 0.6 is 0 Å². The molecule has 0 fully saturated rings. The number of aryl methyl sites for hydroxylation is 1. The number of hydrogen-bond acceptors (Lipinski definition) is 5. The summed E-state index contributed by atoms with van der Waals surface area (Å²) in [5.74, 6) is 0.0689. The number of nitrogens with zero attached hydrogens (tertiary/aromatic N) is 4. The lowest BCUT2D eigenvalue weighted by Gasteiger charge is -2.19. The Balaban J connectivity index is 2.14. The summed E-state index contributed by atoms with van der Waals surface area (Å²) in [6.07, 6.45) is 1.47. The van der Waals surface area contributed by atoms with Crippen LogP contribution in [0, 0.1) is 17.0 Å². The fraction of sp³-hybridized carbons (Fsp3) is 0.176. The lowest BCUT2D eigenvalue weighted by molar-refractivity contribution is -0.385. The average molecular weight is 324 g/mol. The molecular weight excluding hydrogens is 308 g/mol. The molecule has 0 N–H and O–H groups in total. The highest BCUT2D eigenvalue weighted by Crippen LogP contribution is 2.23. The van der Waals surface area contributed by atoms with E-state index in [4.69, 9.17) is 0 Å². The number of hydrogen-bond donors (Lipinski definition) is 0. The van der Waals surface area contributed by atoms with Gasteiger partial charge in [-0.25, -0.2) is 4.98 Å². The summed E-state index contributed by atoms with van der Waals surface area (Å²) in [5.41, 5.74) is 1.26. The van der Waals surface area contributed by atoms with Gasteiger partial charge in [0, 0.05) is 19.8 Å². The zero-order chi connectivity index (χ0) is 17.3. The summed E-state index contributed by atoms with van der Waals surface area (Å²) in [6, 6.07) is 12.8. The maximum atomic E-state index is 12.5. The van der Waals surface area contributed by atoms with E-state index in [0.717, 1.165) is 11.1 Å². The molecule has 0 radical (unpaired) electrons. The number of anilines is 1. The SMILES string of the molecule is Cc1ccccc1CN(C)c1nc2ccccn2c(=O)c1[N+](=O)[O-]. The Morgan fingerprint density at radius 1 is 1.21 bits per heavy atom. The molecule has 0 amide bonds. The van der Waals surface area contributed by atoms with Gasteiger partial charge in [0.25, 0.3) is 0 Å². The first-order valence-electron chi connectivity index (χ1n) is 7.40. The smallest absolute Gasteiger partial charge is 0.349 e. The molecule has 0 spiro atoms. The summed E-state index contributed by atoms with van der Waals surface area (Å²) >= 11 is 0. The quantitative estimate of drug-likeness (QED) is 0.544. The van der Waals surface area contributed by atoms with Crippen molar-refractivity contribution in [1.82, 2.24) is 9.38 Å². The molecule has 0 atom stereocenters.